The first-order valence-corrected chi connectivity index (χ1v) is 12.9. The van der Waals surface area contributed by atoms with Crippen LogP contribution in [-0.4, -0.2) is 68.9 Å². The highest BCUT2D eigenvalue weighted by Crippen LogP contribution is 2.33. The van der Waals surface area contributed by atoms with Gasteiger partial charge in [0.25, 0.3) is 0 Å². The Morgan fingerprint density at radius 3 is 2.58 bits per heavy atom. The third-order valence-electron chi connectivity index (χ3n) is 6.97. The molecule has 1 aromatic heterocycles. The maximum absolute atomic E-state index is 13.9. The van der Waals surface area contributed by atoms with Crippen LogP contribution in [0.25, 0.3) is 10.9 Å². The molecule has 2 aromatic carbocycles. The summed E-state index contributed by atoms with van der Waals surface area (Å²) in [6, 6.07) is 10.3. The fraction of sp³-hybridized carbons (Fsp3) is 0.308. The van der Waals surface area contributed by atoms with Crippen molar-refractivity contribution in [2.24, 2.45) is 0 Å². The molecule has 1 fully saturated rings. The van der Waals surface area contributed by atoms with Crippen LogP contribution in [0.5, 0.6) is 0 Å². The number of benzene rings is 2. The van der Waals surface area contributed by atoms with Crippen molar-refractivity contribution >= 4 is 63.6 Å². The van der Waals surface area contributed by atoms with E-state index in [-0.39, 0.29) is 23.9 Å². The fourth-order valence-corrected chi connectivity index (χ4v) is 5.48. The number of carboxylic acid groups (broad SMARTS) is 1. The number of rotatable bonds is 5. The molecule has 0 aliphatic carbocycles. The summed E-state index contributed by atoms with van der Waals surface area (Å²) >= 11 is 12.1. The van der Waals surface area contributed by atoms with Crippen molar-refractivity contribution in [2.45, 2.75) is 37.9 Å². The third-order valence-corrected chi connectivity index (χ3v) is 7.71. The summed E-state index contributed by atoms with van der Waals surface area (Å²) in [6.07, 6.45) is 1.27. The number of amides is 4. The Hall–Kier alpha value is -3.76. The molecule has 4 N–H and O–H groups in total. The summed E-state index contributed by atoms with van der Waals surface area (Å²) in [5, 5.41) is 15.7. The number of fused-ring (bicyclic) bond motifs is 3. The van der Waals surface area contributed by atoms with Gasteiger partial charge in [-0.25, -0.2) is 4.79 Å². The highest BCUT2D eigenvalue weighted by molar-refractivity contribution is 6.42. The summed E-state index contributed by atoms with van der Waals surface area (Å²) in [5.74, 6) is -2.05. The van der Waals surface area contributed by atoms with Crippen LogP contribution in [0.1, 0.15) is 24.1 Å². The number of aromatic amines is 1. The van der Waals surface area contributed by atoms with Gasteiger partial charge in [-0.15, -0.1) is 0 Å². The second-order valence-electron chi connectivity index (χ2n) is 9.34. The molecular formula is C26H25Cl2N5O5. The summed E-state index contributed by atoms with van der Waals surface area (Å²) in [7, 11) is 0. The maximum Gasteiger partial charge on any atom is 0.322 e. The number of hydrogen-bond acceptors (Lipinski definition) is 4. The Labute approximate surface area is 227 Å². The number of urea groups is 1. The zero-order chi connectivity index (χ0) is 27.0. The monoisotopic (exact) mass is 557 g/mol. The molecule has 5 rings (SSSR count). The molecule has 0 spiro atoms. The van der Waals surface area contributed by atoms with Gasteiger partial charge in [-0.3, -0.25) is 14.4 Å². The van der Waals surface area contributed by atoms with Gasteiger partial charge in [-0.05, 0) is 42.7 Å². The number of aromatic nitrogens is 1. The molecule has 4 amide bonds. The maximum atomic E-state index is 13.9. The number of carbonyl (C=O) groups excluding carboxylic acids is 3. The van der Waals surface area contributed by atoms with Gasteiger partial charge in [-0.1, -0.05) is 41.4 Å². The zero-order valence-electron chi connectivity index (χ0n) is 20.2. The lowest BCUT2D eigenvalue weighted by Crippen LogP contribution is -2.57. The van der Waals surface area contributed by atoms with E-state index in [0.29, 0.717) is 30.1 Å². The molecule has 0 bridgehead atoms. The second kappa shape index (κ2) is 10.5. The molecule has 38 heavy (non-hydrogen) atoms. The zero-order valence-corrected chi connectivity index (χ0v) is 21.7. The smallest absolute Gasteiger partial charge is 0.322 e. The van der Waals surface area contributed by atoms with E-state index in [2.05, 4.69) is 15.6 Å². The summed E-state index contributed by atoms with van der Waals surface area (Å²) in [5.41, 5.74) is 3.10. The minimum absolute atomic E-state index is 0.150. The van der Waals surface area contributed by atoms with Gasteiger partial charge >= 0.3 is 12.0 Å². The van der Waals surface area contributed by atoms with Crippen molar-refractivity contribution in [2.75, 3.05) is 18.4 Å². The van der Waals surface area contributed by atoms with Crippen LogP contribution in [0.2, 0.25) is 10.0 Å². The largest absolute Gasteiger partial charge is 0.480 e. The van der Waals surface area contributed by atoms with Crippen molar-refractivity contribution in [3.05, 3.63) is 63.8 Å². The van der Waals surface area contributed by atoms with E-state index in [4.69, 9.17) is 28.3 Å². The normalized spacial score (nSPS) is 18.8. The number of nitrogens with zero attached hydrogens (tertiary/aromatic N) is 2. The van der Waals surface area contributed by atoms with E-state index < -0.39 is 36.5 Å². The molecule has 198 valence electrons. The van der Waals surface area contributed by atoms with Crippen LogP contribution < -0.4 is 10.6 Å². The molecule has 10 nitrogen and oxygen atoms in total. The second-order valence-corrected chi connectivity index (χ2v) is 10.2. The van der Waals surface area contributed by atoms with E-state index in [1.807, 2.05) is 24.3 Å². The van der Waals surface area contributed by atoms with Crippen molar-refractivity contribution < 1.29 is 24.3 Å². The number of hydrogen-bond donors (Lipinski definition) is 4. The van der Waals surface area contributed by atoms with Crippen molar-refractivity contribution in [1.29, 1.82) is 0 Å². The van der Waals surface area contributed by atoms with Gasteiger partial charge in [0.05, 0.1) is 16.6 Å². The van der Waals surface area contributed by atoms with Gasteiger partial charge in [0.2, 0.25) is 11.8 Å². The van der Waals surface area contributed by atoms with Crippen LogP contribution in [-0.2, 0) is 27.3 Å². The van der Waals surface area contributed by atoms with E-state index in [0.717, 1.165) is 22.2 Å². The molecule has 0 saturated carbocycles. The summed E-state index contributed by atoms with van der Waals surface area (Å²) < 4.78 is 0. The Bertz CT molecular complexity index is 1440. The highest BCUT2D eigenvalue weighted by Gasteiger charge is 2.43. The van der Waals surface area contributed by atoms with Gasteiger partial charge in [-0.2, -0.15) is 0 Å². The van der Waals surface area contributed by atoms with Crippen LogP contribution in [0.15, 0.2) is 42.5 Å². The van der Waals surface area contributed by atoms with Crippen molar-refractivity contribution in [1.82, 2.24) is 20.1 Å². The lowest BCUT2D eigenvalue weighted by molar-refractivity contribution is -0.143. The first kappa shape index (κ1) is 25.9. The van der Waals surface area contributed by atoms with Crippen LogP contribution >= 0.6 is 23.2 Å². The van der Waals surface area contributed by atoms with Crippen LogP contribution in [0.4, 0.5) is 10.5 Å². The topological polar surface area (TPSA) is 135 Å². The third kappa shape index (κ3) is 5.01. The molecule has 3 aromatic rings. The Morgan fingerprint density at radius 1 is 1.03 bits per heavy atom. The fourth-order valence-electron chi connectivity index (χ4n) is 5.19. The average molecular weight is 558 g/mol. The number of H-pyrrole nitrogens is 1. The Kier molecular flexibility index (Phi) is 7.18. The number of likely N-dealkylation sites (tertiary alicyclic amines) is 1. The molecule has 12 heteroatoms. The van der Waals surface area contributed by atoms with E-state index >= 15 is 0 Å². The first-order valence-electron chi connectivity index (χ1n) is 12.1. The molecule has 2 aliphatic heterocycles. The van der Waals surface area contributed by atoms with Gasteiger partial charge in [0, 0.05) is 35.2 Å². The Morgan fingerprint density at radius 2 is 1.82 bits per heavy atom. The molecule has 2 atom stereocenters. The van der Waals surface area contributed by atoms with Gasteiger partial charge in [0.1, 0.15) is 18.6 Å². The van der Waals surface area contributed by atoms with Crippen LogP contribution in [0, 0.1) is 0 Å². The van der Waals surface area contributed by atoms with E-state index in [1.165, 1.54) is 15.9 Å². The molecular weight excluding hydrogens is 533 g/mol. The first-order chi connectivity index (χ1) is 18.2. The summed E-state index contributed by atoms with van der Waals surface area (Å²) in [6.45, 7) is -0.0432. The predicted molar refractivity (Wildman–Crippen MR) is 142 cm³/mol. The molecule has 0 radical (unpaired) electrons. The summed E-state index contributed by atoms with van der Waals surface area (Å²) in [4.78, 5) is 57.4. The number of para-hydroxylation sites is 1. The van der Waals surface area contributed by atoms with E-state index in [1.54, 1.807) is 12.1 Å². The standard InChI is InChI=1S/C26H25Cl2N5O5/c27-17-8-7-14(10-18(17)28)30-26(38)33-13-20-16(15-4-1-2-5-19(15)31-20)11-22(33)25(37)32-9-3-6-21(32)24(36)29-12-23(34)35/h1-2,4-5,7-8,10,21-22,31H,3,6,9,11-13H2,(H,29,36)(H,30,38)(H,34,35)/t21-,22+/m0/s1. The molecule has 3 heterocycles. The number of carbonyl (C=O) groups is 4. The molecule has 0 unspecified atom stereocenters. The van der Waals surface area contributed by atoms with Crippen molar-refractivity contribution in [3.63, 3.8) is 0 Å². The molecule has 2 aliphatic rings. The van der Waals surface area contributed by atoms with Crippen molar-refractivity contribution in [3.8, 4) is 0 Å². The Balaban J connectivity index is 1.45. The molecule has 1 saturated heterocycles. The van der Waals surface area contributed by atoms with E-state index in [9.17, 15) is 19.2 Å². The van der Waals surface area contributed by atoms with Gasteiger partial charge < -0.3 is 30.5 Å². The van der Waals surface area contributed by atoms with Gasteiger partial charge in [0.15, 0.2) is 0 Å². The highest BCUT2D eigenvalue weighted by atomic mass is 35.5. The SMILES string of the molecule is O=C(O)CNC(=O)[C@@H]1CCCN1C(=O)[C@H]1Cc2c([nH]c3ccccc23)CN1C(=O)Nc1ccc(Cl)c(Cl)c1. The minimum atomic E-state index is -1.17. The lowest BCUT2D eigenvalue weighted by atomic mass is 9.95. The number of nitrogens with one attached hydrogen (secondary N) is 3. The number of halogens is 2. The predicted octanol–water partition coefficient (Wildman–Crippen LogP) is 3.63. The number of anilines is 1. The van der Waals surface area contributed by atoms with Crippen LogP contribution in [0.3, 0.4) is 0 Å². The number of carboxylic acids is 1. The average Bonchev–Trinajstić information content (AvgIpc) is 3.53. The lowest BCUT2D eigenvalue weighted by Gasteiger charge is -2.38. The minimum Gasteiger partial charge on any atom is -0.480 e. The number of aliphatic carboxylic acids is 1. The quantitative estimate of drug-likeness (QED) is 0.380.